The highest BCUT2D eigenvalue weighted by atomic mass is 19.4. The number of fused-ring (bicyclic) bond motifs is 1. The van der Waals surface area contributed by atoms with Crippen LogP contribution in [0.3, 0.4) is 0 Å². The smallest absolute Gasteiger partial charge is 0.343 e. The number of carbonyl (C=O) groups excluding carboxylic acids is 3. The van der Waals surface area contributed by atoms with Gasteiger partial charge in [0.2, 0.25) is 11.8 Å². The van der Waals surface area contributed by atoms with Crippen LogP contribution in [0.15, 0.2) is 24.3 Å². The van der Waals surface area contributed by atoms with Crippen LogP contribution in [0.5, 0.6) is 0 Å². The van der Waals surface area contributed by atoms with Crippen molar-refractivity contribution in [2.45, 2.75) is 25.2 Å². The van der Waals surface area contributed by atoms with E-state index in [1.807, 2.05) is 0 Å². The lowest BCUT2D eigenvalue weighted by molar-refractivity contribution is -0.151. The van der Waals surface area contributed by atoms with E-state index in [1.54, 1.807) is 6.92 Å². The summed E-state index contributed by atoms with van der Waals surface area (Å²) in [6.07, 6.45) is -4.47. The van der Waals surface area contributed by atoms with Crippen molar-refractivity contribution in [3.05, 3.63) is 35.4 Å². The Balaban J connectivity index is 1.74. The first kappa shape index (κ1) is 17.2. The van der Waals surface area contributed by atoms with Crippen LogP contribution in [-0.2, 0) is 15.8 Å². The van der Waals surface area contributed by atoms with Gasteiger partial charge in [-0.25, -0.2) is 0 Å². The first-order valence-electron chi connectivity index (χ1n) is 7.76. The van der Waals surface area contributed by atoms with Crippen molar-refractivity contribution in [3.8, 4) is 0 Å². The molecule has 0 aliphatic carbocycles. The predicted molar refractivity (Wildman–Crippen MR) is 80.5 cm³/mol. The largest absolute Gasteiger partial charge is 0.416 e. The average Bonchev–Trinajstić information content (AvgIpc) is 2.58. The Kier molecular flexibility index (Phi) is 4.18. The summed E-state index contributed by atoms with van der Waals surface area (Å²) in [6, 6.07) is 2.57. The summed E-state index contributed by atoms with van der Waals surface area (Å²) in [6.45, 7) is 2.05. The second-order valence-electron chi connectivity index (χ2n) is 6.10. The topological polar surface area (TPSA) is 69.7 Å². The standard InChI is InChI=1S/C16H16F3N3O3/c1-9-14(24)22-7-6-21(8-12(22)13(23)20-9)15(25)10-2-4-11(5-3-10)16(17,18)19/h2-5,9,12H,6-8H2,1H3,(H,20,23). The highest BCUT2D eigenvalue weighted by Gasteiger charge is 2.42. The Morgan fingerprint density at radius 3 is 2.40 bits per heavy atom. The van der Waals surface area contributed by atoms with Gasteiger partial charge in [-0.1, -0.05) is 0 Å². The number of hydrogen-bond acceptors (Lipinski definition) is 3. The second kappa shape index (κ2) is 6.05. The number of rotatable bonds is 1. The summed E-state index contributed by atoms with van der Waals surface area (Å²) < 4.78 is 37.8. The quantitative estimate of drug-likeness (QED) is 0.813. The summed E-state index contributed by atoms with van der Waals surface area (Å²) in [7, 11) is 0. The van der Waals surface area contributed by atoms with Crippen molar-refractivity contribution >= 4 is 17.7 Å². The average molecular weight is 355 g/mol. The first-order valence-corrected chi connectivity index (χ1v) is 7.76. The number of carbonyl (C=O) groups is 3. The molecule has 25 heavy (non-hydrogen) atoms. The molecule has 0 saturated carbocycles. The van der Waals surface area contributed by atoms with Crippen LogP contribution < -0.4 is 5.32 Å². The third kappa shape index (κ3) is 3.18. The van der Waals surface area contributed by atoms with E-state index in [1.165, 1.54) is 9.80 Å². The van der Waals surface area contributed by atoms with Crippen LogP contribution >= 0.6 is 0 Å². The van der Waals surface area contributed by atoms with Crippen LogP contribution in [-0.4, -0.2) is 59.2 Å². The molecule has 3 rings (SSSR count). The van der Waals surface area contributed by atoms with Crippen molar-refractivity contribution < 1.29 is 27.6 Å². The van der Waals surface area contributed by atoms with Crippen LogP contribution in [0.4, 0.5) is 13.2 Å². The second-order valence-corrected chi connectivity index (χ2v) is 6.10. The SMILES string of the molecule is CC1NC(=O)C2CN(C(=O)c3ccc(C(F)(F)F)cc3)CCN2C1=O. The summed E-state index contributed by atoms with van der Waals surface area (Å²) in [5, 5.41) is 2.56. The lowest BCUT2D eigenvalue weighted by Gasteiger charge is -2.44. The van der Waals surface area contributed by atoms with Crippen molar-refractivity contribution in [2.75, 3.05) is 19.6 Å². The molecule has 3 amide bonds. The Hall–Kier alpha value is -2.58. The molecule has 2 saturated heterocycles. The van der Waals surface area contributed by atoms with Gasteiger partial charge in [0, 0.05) is 18.7 Å². The van der Waals surface area contributed by atoms with E-state index >= 15 is 0 Å². The van der Waals surface area contributed by atoms with Crippen molar-refractivity contribution in [1.29, 1.82) is 0 Å². The number of piperazine rings is 2. The number of amides is 3. The minimum absolute atomic E-state index is 0.0180. The monoisotopic (exact) mass is 355 g/mol. The molecule has 9 heteroatoms. The minimum atomic E-state index is -4.47. The van der Waals surface area contributed by atoms with Crippen LogP contribution in [0.2, 0.25) is 0 Å². The first-order chi connectivity index (χ1) is 11.7. The zero-order chi connectivity index (χ0) is 18.4. The third-order valence-electron chi connectivity index (χ3n) is 4.44. The number of benzene rings is 1. The molecule has 2 fully saturated rings. The zero-order valence-corrected chi connectivity index (χ0v) is 13.3. The van der Waals surface area contributed by atoms with Gasteiger partial charge in [-0.3, -0.25) is 14.4 Å². The molecule has 6 nitrogen and oxygen atoms in total. The molecule has 2 aliphatic heterocycles. The number of nitrogens with zero attached hydrogens (tertiary/aromatic N) is 2. The van der Waals surface area contributed by atoms with Crippen molar-refractivity contribution in [2.24, 2.45) is 0 Å². The maximum absolute atomic E-state index is 12.6. The Bertz CT molecular complexity index is 718. The van der Waals surface area contributed by atoms with E-state index in [0.717, 1.165) is 24.3 Å². The van der Waals surface area contributed by atoms with Gasteiger partial charge in [0.25, 0.3) is 5.91 Å². The maximum atomic E-state index is 12.6. The van der Waals surface area contributed by atoms with Gasteiger partial charge >= 0.3 is 6.18 Å². The van der Waals surface area contributed by atoms with Crippen molar-refractivity contribution in [3.63, 3.8) is 0 Å². The summed E-state index contributed by atoms with van der Waals surface area (Å²) in [4.78, 5) is 39.5. The molecule has 2 aliphatic rings. The number of halogens is 3. The maximum Gasteiger partial charge on any atom is 0.416 e. The molecule has 0 aromatic heterocycles. The van der Waals surface area contributed by atoms with Crippen LogP contribution in [0, 0.1) is 0 Å². The Labute approximate surface area is 141 Å². The molecule has 2 heterocycles. The number of alkyl halides is 3. The van der Waals surface area contributed by atoms with E-state index in [4.69, 9.17) is 0 Å². The predicted octanol–water partition coefficient (Wildman–Crippen LogP) is 0.877. The van der Waals surface area contributed by atoms with Gasteiger partial charge in [-0.15, -0.1) is 0 Å². The van der Waals surface area contributed by atoms with Gasteiger partial charge in [0.1, 0.15) is 12.1 Å². The molecule has 2 atom stereocenters. The fourth-order valence-electron chi connectivity index (χ4n) is 3.06. The number of nitrogens with one attached hydrogen (secondary N) is 1. The van der Waals surface area contributed by atoms with E-state index < -0.39 is 29.7 Å². The lowest BCUT2D eigenvalue weighted by Crippen LogP contribution is -2.69. The van der Waals surface area contributed by atoms with Gasteiger partial charge in [0.05, 0.1) is 12.1 Å². The molecule has 1 aromatic carbocycles. The third-order valence-corrected chi connectivity index (χ3v) is 4.44. The van der Waals surface area contributed by atoms with Gasteiger partial charge < -0.3 is 15.1 Å². The number of hydrogen-bond donors (Lipinski definition) is 1. The van der Waals surface area contributed by atoms with Crippen LogP contribution in [0.1, 0.15) is 22.8 Å². The van der Waals surface area contributed by atoms with Crippen LogP contribution in [0.25, 0.3) is 0 Å². The highest BCUT2D eigenvalue weighted by molar-refractivity contribution is 5.99. The van der Waals surface area contributed by atoms with Gasteiger partial charge in [-0.2, -0.15) is 13.2 Å². The molecule has 1 aromatic rings. The summed E-state index contributed by atoms with van der Waals surface area (Å²) in [5.74, 6) is -1.00. The molecule has 2 unspecified atom stereocenters. The molecule has 0 bridgehead atoms. The van der Waals surface area contributed by atoms with Gasteiger partial charge in [-0.05, 0) is 31.2 Å². The van der Waals surface area contributed by atoms with Gasteiger partial charge in [0.15, 0.2) is 0 Å². The van der Waals surface area contributed by atoms with E-state index in [9.17, 15) is 27.6 Å². The zero-order valence-electron chi connectivity index (χ0n) is 13.3. The van der Waals surface area contributed by atoms with Crippen molar-refractivity contribution in [1.82, 2.24) is 15.1 Å². The Morgan fingerprint density at radius 1 is 1.16 bits per heavy atom. The van der Waals surface area contributed by atoms with E-state index in [-0.39, 0.29) is 37.0 Å². The fourth-order valence-corrected chi connectivity index (χ4v) is 3.06. The highest BCUT2D eigenvalue weighted by Crippen LogP contribution is 2.29. The normalized spacial score (nSPS) is 24.0. The summed E-state index contributed by atoms with van der Waals surface area (Å²) in [5.41, 5.74) is -0.725. The lowest BCUT2D eigenvalue weighted by atomic mass is 10.0. The summed E-state index contributed by atoms with van der Waals surface area (Å²) >= 11 is 0. The molecular formula is C16H16F3N3O3. The van der Waals surface area contributed by atoms with E-state index in [2.05, 4.69) is 5.32 Å². The Morgan fingerprint density at radius 2 is 1.80 bits per heavy atom. The molecule has 0 radical (unpaired) electrons. The molecule has 134 valence electrons. The molecular weight excluding hydrogens is 339 g/mol. The minimum Gasteiger partial charge on any atom is -0.343 e. The molecule has 1 N–H and O–H groups in total. The van der Waals surface area contributed by atoms with E-state index in [0.29, 0.717) is 0 Å². The molecule has 0 spiro atoms. The fraction of sp³-hybridized carbons (Fsp3) is 0.438.